The summed E-state index contributed by atoms with van der Waals surface area (Å²) < 4.78 is 4.99. The van der Waals surface area contributed by atoms with E-state index in [4.69, 9.17) is 10.2 Å². The molecule has 0 amide bonds. The minimum Gasteiger partial charge on any atom is -0.472 e. The Morgan fingerprint density at radius 2 is 2.54 bits per heavy atom. The van der Waals surface area contributed by atoms with E-state index in [0.717, 1.165) is 18.5 Å². The molecule has 1 aromatic rings. The van der Waals surface area contributed by atoms with Gasteiger partial charge in [0, 0.05) is 18.2 Å². The lowest BCUT2D eigenvalue weighted by atomic mass is 10.1. The van der Waals surface area contributed by atoms with E-state index in [1.54, 1.807) is 12.5 Å². The molecule has 0 fully saturated rings. The van der Waals surface area contributed by atoms with E-state index in [-0.39, 0.29) is 6.04 Å². The number of nitrogens with two attached hydrogens (primary N) is 1. The molecule has 1 heterocycles. The first-order valence-electron chi connectivity index (χ1n) is 4.45. The Morgan fingerprint density at radius 3 is 3.08 bits per heavy atom. The predicted octanol–water partition coefficient (Wildman–Crippen LogP) is 1.45. The van der Waals surface area contributed by atoms with Crippen molar-refractivity contribution in [2.45, 2.75) is 12.5 Å². The topological polar surface area (TPSA) is 51.2 Å². The second-order valence-corrected chi connectivity index (χ2v) is 2.88. The average molecular weight is 180 g/mol. The molecule has 13 heavy (non-hydrogen) atoms. The second kappa shape index (κ2) is 5.56. The Labute approximate surface area is 78.6 Å². The lowest BCUT2D eigenvalue weighted by Crippen LogP contribution is -2.28. The van der Waals surface area contributed by atoms with Crippen LogP contribution in [0.25, 0.3) is 0 Å². The minimum atomic E-state index is 0.193. The molecule has 0 saturated carbocycles. The average Bonchev–Trinajstić information content (AvgIpc) is 2.65. The van der Waals surface area contributed by atoms with Crippen LogP contribution < -0.4 is 11.1 Å². The molecule has 3 N–H and O–H groups in total. The number of furan rings is 1. The van der Waals surface area contributed by atoms with Crippen molar-refractivity contribution in [2.75, 3.05) is 13.1 Å². The second-order valence-electron chi connectivity index (χ2n) is 2.88. The highest BCUT2D eigenvalue weighted by Crippen LogP contribution is 2.11. The lowest BCUT2D eigenvalue weighted by Gasteiger charge is -2.13. The molecule has 0 aliphatic carbocycles. The van der Waals surface area contributed by atoms with Gasteiger partial charge in [0.15, 0.2) is 0 Å². The third-order valence-electron chi connectivity index (χ3n) is 1.92. The molecule has 0 radical (unpaired) electrons. The molecule has 0 saturated heterocycles. The Balaban J connectivity index is 2.39. The van der Waals surface area contributed by atoms with Crippen molar-refractivity contribution >= 4 is 0 Å². The van der Waals surface area contributed by atoms with E-state index >= 15 is 0 Å². The summed E-state index contributed by atoms with van der Waals surface area (Å²) >= 11 is 0. The van der Waals surface area contributed by atoms with E-state index in [2.05, 4.69) is 11.9 Å². The summed E-state index contributed by atoms with van der Waals surface area (Å²) in [4.78, 5) is 0. The van der Waals surface area contributed by atoms with Gasteiger partial charge in [-0.15, -0.1) is 6.58 Å². The maximum absolute atomic E-state index is 5.62. The molecule has 0 bridgehead atoms. The first-order chi connectivity index (χ1) is 6.38. The summed E-state index contributed by atoms with van der Waals surface area (Å²) in [6.45, 7) is 5.14. The zero-order chi connectivity index (χ0) is 9.52. The van der Waals surface area contributed by atoms with Crippen LogP contribution in [0, 0.1) is 0 Å². The fourth-order valence-electron chi connectivity index (χ4n) is 1.17. The first-order valence-corrected chi connectivity index (χ1v) is 4.45. The highest BCUT2D eigenvalue weighted by atomic mass is 16.3. The molecule has 3 heteroatoms. The summed E-state index contributed by atoms with van der Waals surface area (Å²) in [5.41, 5.74) is 6.72. The van der Waals surface area contributed by atoms with Crippen molar-refractivity contribution in [1.82, 2.24) is 5.32 Å². The van der Waals surface area contributed by atoms with E-state index in [0.29, 0.717) is 6.54 Å². The Hall–Kier alpha value is -1.06. The van der Waals surface area contributed by atoms with Crippen molar-refractivity contribution in [3.63, 3.8) is 0 Å². The lowest BCUT2D eigenvalue weighted by molar-refractivity contribution is 0.525. The maximum atomic E-state index is 5.62. The van der Waals surface area contributed by atoms with Crippen LogP contribution in [0.2, 0.25) is 0 Å². The standard InChI is InChI=1S/C10H16N2O/c1-2-3-5-12-10(7-11)9-4-6-13-8-9/h2,4,6,8,10,12H,1,3,5,7,11H2. The molecule has 72 valence electrons. The summed E-state index contributed by atoms with van der Waals surface area (Å²) in [7, 11) is 0. The summed E-state index contributed by atoms with van der Waals surface area (Å²) in [6, 6.07) is 2.12. The SMILES string of the molecule is C=CCCNC(CN)c1ccoc1. The highest BCUT2D eigenvalue weighted by molar-refractivity contribution is 5.11. The van der Waals surface area contributed by atoms with Gasteiger partial charge in [0.2, 0.25) is 0 Å². The van der Waals surface area contributed by atoms with Crippen molar-refractivity contribution < 1.29 is 4.42 Å². The maximum Gasteiger partial charge on any atom is 0.0950 e. The van der Waals surface area contributed by atoms with Crippen LogP contribution in [0.1, 0.15) is 18.0 Å². The van der Waals surface area contributed by atoms with Gasteiger partial charge in [-0.25, -0.2) is 0 Å². The van der Waals surface area contributed by atoms with Crippen LogP contribution in [0.15, 0.2) is 35.7 Å². The Kier molecular flexibility index (Phi) is 4.29. The molecular weight excluding hydrogens is 164 g/mol. The highest BCUT2D eigenvalue weighted by Gasteiger charge is 2.08. The molecule has 0 spiro atoms. The van der Waals surface area contributed by atoms with E-state index in [1.165, 1.54) is 0 Å². The third-order valence-corrected chi connectivity index (χ3v) is 1.92. The van der Waals surface area contributed by atoms with Gasteiger partial charge in [-0.3, -0.25) is 0 Å². The van der Waals surface area contributed by atoms with Gasteiger partial charge in [0.25, 0.3) is 0 Å². The van der Waals surface area contributed by atoms with Crippen molar-refractivity contribution in [3.8, 4) is 0 Å². The molecule has 0 aliphatic rings. The molecule has 0 aliphatic heterocycles. The molecular formula is C10H16N2O. The van der Waals surface area contributed by atoms with Crippen LogP contribution in [-0.4, -0.2) is 13.1 Å². The predicted molar refractivity (Wildman–Crippen MR) is 53.3 cm³/mol. The fraction of sp³-hybridized carbons (Fsp3) is 0.400. The van der Waals surface area contributed by atoms with E-state index in [9.17, 15) is 0 Å². The van der Waals surface area contributed by atoms with Gasteiger partial charge >= 0.3 is 0 Å². The largest absolute Gasteiger partial charge is 0.472 e. The quantitative estimate of drug-likeness (QED) is 0.514. The van der Waals surface area contributed by atoms with Gasteiger partial charge in [-0.05, 0) is 19.0 Å². The van der Waals surface area contributed by atoms with Crippen LogP contribution in [-0.2, 0) is 0 Å². The van der Waals surface area contributed by atoms with Gasteiger partial charge in [-0.2, -0.15) is 0 Å². The molecule has 1 aromatic heterocycles. The summed E-state index contributed by atoms with van der Waals surface area (Å²) in [5, 5.41) is 3.32. The number of rotatable bonds is 6. The normalized spacial score (nSPS) is 12.7. The first kappa shape index (κ1) is 10.0. The zero-order valence-corrected chi connectivity index (χ0v) is 7.70. The van der Waals surface area contributed by atoms with E-state index < -0.39 is 0 Å². The van der Waals surface area contributed by atoms with Crippen LogP contribution in [0.4, 0.5) is 0 Å². The van der Waals surface area contributed by atoms with Gasteiger partial charge in [-0.1, -0.05) is 6.08 Å². The third kappa shape index (κ3) is 3.05. The monoisotopic (exact) mass is 180 g/mol. The van der Waals surface area contributed by atoms with Crippen molar-refractivity contribution in [1.29, 1.82) is 0 Å². The minimum absolute atomic E-state index is 0.193. The fourth-order valence-corrected chi connectivity index (χ4v) is 1.17. The van der Waals surface area contributed by atoms with E-state index in [1.807, 2.05) is 12.1 Å². The van der Waals surface area contributed by atoms with Gasteiger partial charge in [0.05, 0.1) is 12.5 Å². The number of hydrogen-bond donors (Lipinski definition) is 2. The van der Waals surface area contributed by atoms with Crippen LogP contribution in [0.3, 0.4) is 0 Å². The van der Waals surface area contributed by atoms with Gasteiger partial charge < -0.3 is 15.5 Å². The summed E-state index contributed by atoms with van der Waals surface area (Å²) in [5.74, 6) is 0. The van der Waals surface area contributed by atoms with Crippen molar-refractivity contribution in [2.24, 2.45) is 5.73 Å². The van der Waals surface area contributed by atoms with Crippen molar-refractivity contribution in [3.05, 3.63) is 36.8 Å². The molecule has 1 unspecified atom stereocenters. The molecule has 3 nitrogen and oxygen atoms in total. The van der Waals surface area contributed by atoms with Crippen LogP contribution >= 0.6 is 0 Å². The number of hydrogen-bond acceptors (Lipinski definition) is 3. The molecule has 0 aromatic carbocycles. The molecule has 1 atom stereocenters. The zero-order valence-electron chi connectivity index (χ0n) is 7.70. The summed E-state index contributed by atoms with van der Waals surface area (Å²) in [6.07, 6.45) is 6.22. The smallest absolute Gasteiger partial charge is 0.0950 e. The molecule has 1 rings (SSSR count). The van der Waals surface area contributed by atoms with Gasteiger partial charge in [0.1, 0.15) is 0 Å². The number of nitrogens with one attached hydrogen (secondary N) is 1. The Morgan fingerprint density at radius 1 is 1.69 bits per heavy atom. The Bertz CT molecular complexity index is 231. The van der Waals surface area contributed by atoms with Crippen LogP contribution in [0.5, 0.6) is 0 Å².